The van der Waals surface area contributed by atoms with Crippen molar-refractivity contribution in [3.8, 4) is 0 Å². The summed E-state index contributed by atoms with van der Waals surface area (Å²) >= 11 is 6.08. The lowest BCUT2D eigenvalue weighted by Crippen LogP contribution is -2.28. The van der Waals surface area contributed by atoms with Gasteiger partial charge in [0.25, 0.3) is 0 Å². The van der Waals surface area contributed by atoms with Crippen LogP contribution in [0.5, 0.6) is 0 Å². The molecule has 4 aromatic heterocycles. The van der Waals surface area contributed by atoms with E-state index in [-0.39, 0.29) is 11.0 Å². The second-order valence-corrected chi connectivity index (χ2v) is 7.90. The van der Waals surface area contributed by atoms with Crippen molar-refractivity contribution in [3.05, 3.63) is 69.2 Å². The first-order chi connectivity index (χ1) is 15.6. The van der Waals surface area contributed by atoms with Crippen molar-refractivity contribution in [1.29, 1.82) is 0 Å². The number of aromatic nitrogens is 8. The molecule has 4 heterocycles. The average Bonchev–Trinajstić information content (AvgIpc) is 3.51. The van der Waals surface area contributed by atoms with Crippen molar-refractivity contribution in [2.75, 3.05) is 0 Å². The summed E-state index contributed by atoms with van der Waals surface area (Å²) in [5.74, 6) is 1.64. The van der Waals surface area contributed by atoms with E-state index in [2.05, 4.69) is 37.1 Å². The third kappa shape index (κ3) is 3.89. The number of nitrogens with zero attached hydrogens (tertiary/aromatic N) is 7. The first-order valence-corrected chi connectivity index (χ1v) is 10.9. The SMILES string of the molecule is CCCCn1c(=O)n2nc(CCc3nc(Cc4ccccc4)no3)nc2c2[nH]c(Cl)nc21. The Labute approximate surface area is 187 Å². The smallest absolute Gasteiger partial charge is 0.339 e. The summed E-state index contributed by atoms with van der Waals surface area (Å²) in [6, 6.07) is 9.96. The summed E-state index contributed by atoms with van der Waals surface area (Å²) in [6.07, 6.45) is 3.31. The maximum Gasteiger partial charge on any atom is 0.352 e. The number of imidazole rings is 1. The van der Waals surface area contributed by atoms with E-state index in [1.807, 2.05) is 30.3 Å². The van der Waals surface area contributed by atoms with Crippen LogP contribution in [0.1, 0.15) is 42.9 Å². The quantitative estimate of drug-likeness (QED) is 0.359. The first kappa shape index (κ1) is 20.4. The van der Waals surface area contributed by atoms with E-state index in [4.69, 9.17) is 16.1 Å². The Morgan fingerprint density at radius 1 is 1.06 bits per heavy atom. The summed E-state index contributed by atoms with van der Waals surface area (Å²) in [5, 5.41) is 8.68. The van der Waals surface area contributed by atoms with Crippen molar-refractivity contribution in [3.63, 3.8) is 0 Å². The topological polar surface area (TPSA) is 120 Å². The van der Waals surface area contributed by atoms with Crippen LogP contribution in [0.15, 0.2) is 39.6 Å². The number of benzene rings is 1. The molecule has 0 radical (unpaired) electrons. The Morgan fingerprint density at radius 2 is 1.91 bits per heavy atom. The minimum Gasteiger partial charge on any atom is -0.339 e. The highest BCUT2D eigenvalue weighted by molar-refractivity contribution is 6.29. The fraction of sp³-hybridized carbons (Fsp3) is 0.333. The number of fused-ring (bicyclic) bond motifs is 3. The number of hydrogen-bond acceptors (Lipinski definition) is 7. The number of aromatic amines is 1. The molecular weight excluding hydrogens is 432 g/mol. The zero-order valence-electron chi connectivity index (χ0n) is 17.5. The summed E-state index contributed by atoms with van der Waals surface area (Å²) in [6.45, 7) is 2.60. The fourth-order valence-electron chi connectivity index (χ4n) is 3.63. The third-order valence-electron chi connectivity index (χ3n) is 5.21. The summed E-state index contributed by atoms with van der Waals surface area (Å²) in [5.41, 5.74) is 2.31. The molecule has 0 aliphatic carbocycles. The van der Waals surface area contributed by atoms with Crippen molar-refractivity contribution < 1.29 is 4.52 Å². The average molecular weight is 453 g/mol. The largest absolute Gasteiger partial charge is 0.352 e. The molecule has 1 N–H and O–H groups in total. The summed E-state index contributed by atoms with van der Waals surface area (Å²) in [4.78, 5) is 29.3. The van der Waals surface area contributed by atoms with E-state index in [0.29, 0.717) is 60.2 Å². The van der Waals surface area contributed by atoms with Crippen LogP contribution in [-0.4, -0.2) is 39.3 Å². The molecule has 10 nitrogen and oxygen atoms in total. The number of aryl methyl sites for hydroxylation is 3. The van der Waals surface area contributed by atoms with Crippen molar-refractivity contribution in [2.45, 2.75) is 45.6 Å². The summed E-state index contributed by atoms with van der Waals surface area (Å²) in [7, 11) is 0. The number of halogens is 1. The van der Waals surface area contributed by atoms with Gasteiger partial charge in [-0.15, -0.1) is 5.10 Å². The minimum atomic E-state index is -0.286. The molecule has 0 saturated heterocycles. The number of unbranched alkanes of at least 4 members (excludes halogenated alkanes) is 1. The van der Waals surface area contributed by atoms with Crippen LogP contribution in [0.25, 0.3) is 16.8 Å². The summed E-state index contributed by atoms with van der Waals surface area (Å²) < 4.78 is 8.26. The zero-order chi connectivity index (χ0) is 22.1. The predicted octanol–water partition coefficient (Wildman–Crippen LogP) is 2.98. The van der Waals surface area contributed by atoms with Gasteiger partial charge in [-0.3, -0.25) is 4.57 Å². The van der Waals surface area contributed by atoms with E-state index < -0.39 is 0 Å². The first-order valence-electron chi connectivity index (χ1n) is 10.5. The van der Waals surface area contributed by atoms with E-state index in [0.717, 1.165) is 18.4 Å². The lowest BCUT2D eigenvalue weighted by Gasteiger charge is -2.05. The van der Waals surface area contributed by atoms with E-state index in [1.165, 1.54) is 4.52 Å². The molecule has 11 heteroatoms. The number of rotatable bonds is 8. The van der Waals surface area contributed by atoms with Gasteiger partial charge in [0.05, 0.1) is 0 Å². The van der Waals surface area contributed by atoms with Gasteiger partial charge in [-0.25, -0.2) is 9.78 Å². The van der Waals surface area contributed by atoms with Gasteiger partial charge in [0.15, 0.2) is 22.9 Å². The highest BCUT2D eigenvalue weighted by Gasteiger charge is 2.18. The van der Waals surface area contributed by atoms with Gasteiger partial charge in [0.1, 0.15) is 5.52 Å². The van der Waals surface area contributed by atoms with Crippen LogP contribution in [0.3, 0.4) is 0 Å². The van der Waals surface area contributed by atoms with E-state index >= 15 is 0 Å². The van der Waals surface area contributed by atoms with Gasteiger partial charge in [-0.1, -0.05) is 48.8 Å². The maximum atomic E-state index is 13.0. The maximum absolute atomic E-state index is 13.0. The number of H-pyrrole nitrogens is 1. The Hall–Kier alpha value is -3.53. The molecular formula is C21H21ClN8O2. The number of nitrogens with one attached hydrogen (secondary N) is 1. The highest BCUT2D eigenvalue weighted by atomic mass is 35.5. The molecule has 0 aliphatic heterocycles. The Morgan fingerprint density at radius 3 is 2.72 bits per heavy atom. The van der Waals surface area contributed by atoms with Crippen LogP contribution in [0.2, 0.25) is 5.28 Å². The fourth-order valence-corrected chi connectivity index (χ4v) is 3.80. The second kappa shape index (κ2) is 8.54. The monoisotopic (exact) mass is 452 g/mol. The molecule has 0 spiro atoms. The standard InChI is InChI=1S/C21H21ClN8O2/c1-2-3-11-29-18-17(25-20(22)26-18)19-24-14(27-30(19)21(29)31)9-10-16-23-15(28-32-16)12-13-7-5-4-6-8-13/h4-8H,2-3,9-12H2,1H3,(H,25,26). The van der Waals surface area contributed by atoms with Gasteiger partial charge in [-0.2, -0.15) is 14.5 Å². The third-order valence-corrected chi connectivity index (χ3v) is 5.39. The van der Waals surface area contributed by atoms with Crippen LogP contribution in [0, 0.1) is 0 Å². The minimum absolute atomic E-state index is 0.208. The van der Waals surface area contributed by atoms with Crippen molar-refractivity contribution in [2.24, 2.45) is 0 Å². The van der Waals surface area contributed by atoms with E-state index in [9.17, 15) is 4.79 Å². The zero-order valence-corrected chi connectivity index (χ0v) is 18.2. The molecule has 0 amide bonds. The van der Waals surface area contributed by atoms with Crippen LogP contribution in [-0.2, 0) is 25.8 Å². The molecule has 0 bridgehead atoms. The predicted molar refractivity (Wildman–Crippen MR) is 118 cm³/mol. The number of hydrogen-bond donors (Lipinski definition) is 1. The Kier molecular flexibility index (Phi) is 5.44. The molecule has 0 unspecified atom stereocenters. The van der Waals surface area contributed by atoms with Gasteiger partial charge in [-0.05, 0) is 23.6 Å². The van der Waals surface area contributed by atoms with Crippen LogP contribution in [0.4, 0.5) is 0 Å². The van der Waals surface area contributed by atoms with Crippen LogP contribution >= 0.6 is 11.6 Å². The van der Waals surface area contributed by atoms with Gasteiger partial charge < -0.3 is 9.51 Å². The van der Waals surface area contributed by atoms with Gasteiger partial charge >= 0.3 is 5.69 Å². The molecule has 0 fully saturated rings. The van der Waals surface area contributed by atoms with Crippen LogP contribution < -0.4 is 5.69 Å². The Balaban J connectivity index is 1.39. The van der Waals surface area contributed by atoms with Crippen molar-refractivity contribution in [1.82, 2.24) is 39.3 Å². The highest BCUT2D eigenvalue weighted by Crippen LogP contribution is 2.18. The lowest BCUT2D eigenvalue weighted by molar-refractivity contribution is 0.373. The Bertz CT molecular complexity index is 1430. The van der Waals surface area contributed by atoms with Gasteiger partial charge in [0.2, 0.25) is 11.2 Å². The molecule has 1 aromatic carbocycles. The molecule has 5 aromatic rings. The normalized spacial score (nSPS) is 11.7. The molecule has 0 saturated carbocycles. The molecule has 0 aliphatic rings. The molecule has 32 heavy (non-hydrogen) atoms. The molecule has 164 valence electrons. The second-order valence-electron chi connectivity index (χ2n) is 7.54. The van der Waals surface area contributed by atoms with Crippen molar-refractivity contribution >= 4 is 28.4 Å². The van der Waals surface area contributed by atoms with Gasteiger partial charge in [0, 0.05) is 25.8 Å². The molecule has 0 atom stereocenters. The van der Waals surface area contributed by atoms with E-state index in [1.54, 1.807) is 4.57 Å². The molecule has 5 rings (SSSR count). The lowest BCUT2D eigenvalue weighted by atomic mass is 10.1.